The molecule has 2 N–H and O–H groups in total. The fraction of sp³-hybridized carbons (Fsp3) is 0.350. The van der Waals surface area contributed by atoms with E-state index in [-0.39, 0.29) is 17.6 Å². The number of anilines is 1. The molecule has 0 aliphatic carbocycles. The van der Waals surface area contributed by atoms with Gasteiger partial charge in [-0.1, -0.05) is 0 Å². The van der Waals surface area contributed by atoms with E-state index in [1.54, 1.807) is 22.8 Å². The molecule has 1 fully saturated rings. The Morgan fingerprint density at radius 1 is 1.35 bits per heavy atom. The summed E-state index contributed by atoms with van der Waals surface area (Å²) in [4.78, 5) is 27.0. The van der Waals surface area contributed by atoms with Crippen LogP contribution in [0.25, 0.3) is 10.9 Å². The summed E-state index contributed by atoms with van der Waals surface area (Å²) in [6, 6.07) is 7.00. The van der Waals surface area contributed by atoms with Crippen molar-refractivity contribution in [3.63, 3.8) is 0 Å². The number of benzene rings is 1. The van der Waals surface area contributed by atoms with E-state index in [0.717, 1.165) is 19.4 Å². The summed E-state index contributed by atoms with van der Waals surface area (Å²) >= 11 is 10.9. The second-order valence-corrected chi connectivity index (χ2v) is 9.46. The van der Waals surface area contributed by atoms with Crippen molar-refractivity contribution in [2.24, 2.45) is 0 Å². The fourth-order valence-electron chi connectivity index (χ4n) is 3.85. The van der Waals surface area contributed by atoms with Crippen molar-refractivity contribution >= 4 is 71.1 Å². The molecule has 0 saturated carbocycles. The van der Waals surface area contributed by atoms with E-state index in [9.17, 15) is 10.1 Å². The molecule has 1 aliphatic rings. The molecule has 8 nitrogen and oxygen atoms in total. The van der Waals surface area contributed by atoms with Crippen molar-refractivity contribution in [3.05, 3.63) is 45.0 Å². The van der Waals surface area contributed by atoms with Crippen LogP contribution in [-0.2, 0) is 0 Å². The molecular formula is C20H18As2ClN7O. The number of halogens is 1. The van der Waals surface area contributed by atoms with Crippen LogP contribution < -0.4 is 25.3 Å². The molecule has 1 aliphatic heterocycles. The molecule has 11 heteroatoms. The molecule has 0 amide bonds. The third-order valence-corrected chi connectivity index (χ3v) is 6.69. The number of rotatable bonds is 4. The molecule has 0 bridgehead atoms. The quantitative estimate of drug-likeness (QED) is 0.447. The van der Waals surface area contributed by atoms with Gasteiger partial charge in [0.05, 0.1) is 0 Å². The van der Waals surface area contributed by atoms with Crippen LogP contribution in [0.2, 0.25) is 5.02 Å². The predicted octanol–water partition coefficient (Wildman–Crippen LogP) is 0.397. The molecule has 4 radical (unpaired) electrons. The van der Waals surface area contributed by atoms with Crippen LogP contribution in [-0.4, -0.2) is 66.3 Å². The van der Waals surface area contributed by atoms with E-state index < -0.39 is 0 Å². The van der Waals surface area contributed by atoms with Gasteiger partial charge in [-0.2, -0.15) is 0 Å². The van der Waals surface area contributed by atoms with Crippen molar-refractivity contribution in [2.45, 2.75) is 31.8 Å². The van der Waals surface area contributed by atoms with Gasteiger partial charge in [0, 0.05) is 0 Å². The second-order valence-electron chi connectivity index (χ2n) is 7.33. The SMILES string of the molecule is C[C@H](Nc1nc([As])nc([As])c1C#N)c1nc2cccc(Cl)c2c(=O)n1C1CCCNC1. The van der Waals surface area contributed by atoms with E-state index >= 15 is 0 Å². The fourth-order valence-corrected chi connectivity index (χ4v) is 5.41. The number of nitriles is 1. The molecule has 0 spiro atoms. The first-order valence-electron chi connectivity index (χ1n) is 9.78. The number of fused-ring (bicyclic) bond motifs is 1. The third kappa shape index (κ3) is 4.38. The van der Waals surface area contributed by atoms with Crippen molar-refractivity contribution in [1.82, 2.24) is 24.8 Å². The Kier molecular flexibility index (Phi) is 6.69. The van der Waals surface area contributed by atoms with Crippen LogP contribution in [0.1, 0.15) is 43.2 Å². The third-order valence-electron chi connectivity index (χ3n) is 5.27. The summed E-state index contributed by atoms with van der Waals surface area (Å²) in [6.07, 6.45) is 1.84. The molecule has 2 aromatic heterocycles. The number of nitrogens with one attached hydrogen (secondary N) is 2. The molecule has 4 rings (SSSR count). The molecule has 1 aromatic carbocycles. The zero-order valence-corrected chi connectivity index (χ0v) is 21.1. The van der Waals surface area contributed by atoms with Gasteiger partial charge >= 0.3 is 203 Å². The summed E-state index contributed by atoms with van der Waals surface area (Å²) in [7, 11) is 0. The maximum absolute atomic E-state index is 13.6. The summed E-state index contributed by atoms with van der Waals surface area (Å²) in [6.45, 7) is 3.52. The molecule has 2 atom stereocenters. The Morgan fingerprint density at radius 3 is 2.87 bits per heavy atom. The zero-order valence-electron chi connectivity index (χ0n) is 16.6. The number of piperidine rings is 1. The zero-order chi connectivity index (χ0) is 22.1. The van der Waals surface area contributed by atoms with Crippen molar-refractivity contribution in [1.29, 1.82) is 5.26 Å². The molecule has 156 valence electrons. The number of hydrogen-bond donors (Lipinski definition) is 2. The van der Waals surface area contributed by atoms with Gasteiger partial charge in [-0.3, -0.25) is 0 Å². The van der Waals surface area contributed by atoms with Crippen LogP contribution in [0.3, 0.4) is 0 Å². The van der Waals surface area contributed by atoms with Crippen molar-refractivity contribution in [3.8, 4) is 6.07 Å². The average molecular weight is 558 g/mol. The predicted molar refractivity (Wildman–Crippen MR) is 122 cm³/mol. The van der Waals surface area contributed by atoms with E-state index in [0.29, 0.717) is 48.8 Å². The Labute approximate surface area is 201 Å². The van der Waals surface area contributed by atoms with Gasteiger partial charge in [0.25, 0.3) is 0 Å². The van der Waals surface area contributed by atoms with Crippen LogP contribution in [0.5, 0.6) is 0 Å². The Hall–Kier alpha value is -1.90. The van der Waals surface area contributed by atoms with Crippen LogP contribution in [0.4, 0.5) is 5.82 Å². The van der Waals surface area contributed by atoms with E-state index in [4.69, 9.17) is 16.6 Å². The first-order valence-corrected chi connectivity index (χ1v) is 12.0. The van der Waals surface area contributed by atoms with Gasteiger partial charge in [0.1, 0.15) is 0 Å². The number of nitrogens with zero attached hydrogens (tertiary/aromatic N) is 5. The minimum absolute atomic E-state index is 0.0358. The van der Waals surface area contributed by atoms with Crippen LogP contribution in [0.15, 0.2) is 23.0 Å². The number of hydrogen-bond acceptors (Lipinski definition) is 7. The van der Waals surface area contributed by atoms with Gasteiger partial charge in [0.15, 0.2) is 0 Å². The van der Waals surface area contributed by atoms with E-state index in [1.165, 1.54) is 0 Å². The Balaban J connectivity index is 1.87. The Bertz CT molecular complexity index is 1250. The van der Waals surface area contributed by atoms with Crippen LogP contribution in [0, 0.1) is 11.3 Å². The summed E-state index contributed by atoms with van der Waals surface area (Å²) in [5.41, 5.74) is 0.737. The minimum atomic E-state index is -0.390. The average Bonchev–Trinajstić information content (AvgIpc) is 2.74. The van der Waals surface area contributed by atoms with E-state index in [2.05, 4.69) is 60.4 Å². The van der Waals surface area contributed by atoms with Crippen molar-refractivity contribution in [2.75, 3.05) is 18.4 Å². The van der Waals surface area contributed by atoms with Crippen LogP contribution >= 0.6 is 11.6 Å². The monoisotopic (exact) mass is 557 g/mol. The van der Waals surface area contributed by atoms with Gasteiger partial charge in [-0.15, -0.1) is 0 Å². The molecule has 3 aromatic rings. The van der Waals surface area contributed by atoms with E-state index in [1.807, 2.05) is 6.92 Å². The topological polar surface area (TPSA) is 109 Å². The molecule has 1 saturated heterocycles. The van der Waals surface area contributed by atoms with Gasteiger partial charge in [0.2, 0.25) is 0 Å². The number of aromatic nitrogens is 4. The summed E-state index contributed by atoms with van der Waals surface area (Å²) in [5.74, 6) is 0.986. The van der Waals surface area contributed by atoms with Crippen molar-refractivity contribution < 1.29 is 0 Å². The molecule has 1 unspecified atom stereocenters. The molecule has 3 heterocycles. The Morgan fingerprint density at radius 2 is 2.16 bits per heavy atom. The first kappa shape index (κ1) is 22.3. The maximum atomic E-state index is 13.6. The summed E-state index contributed by atoms with van der Waals surface area (Å²) in [5, 5.41) is 17.0. The normalized spacial score (nSPS) is 17.3. The second kappa shape index (κ2) is 9.30. The van der Waals surface area contributed by atoms with Gasteiger partial charge < -0.3 is 0 Å². The first-order chi connectivity index (χ1) is 14.9. The molecular weight excluding hydrogens is 540 g/mol. The summed E-state index contributed by atoms with van der Waals surface area (Å²) < 4.78 is 2.77. The molecule has 31 heavy (non-hydrogen) atoms. The standard InChI is InChI=1S/C20H18As2ClN7O/c1-10(26-17-12(8-24)16(21)28-20(22)29-17)18-27-14-6-2-5-13(23)15(14)19(31)30(18)11-4-3-7-25-9-11/h2,5-6,10-11,25H,3-4,7,9H2,1H3,(H,26,28,29)/t10-,11?/m0/s1. The van der Waals surface area contributed by atoms with Gasteiger partial charge in [-0.25, -0.2) is 0 Å². The van der Waals surface area contributed by atoms with Gasteiger partial charge in [-0.05, 0) is 0 Å².